The smallest absolute Gasteiger partial charge is 0.186 e. The van der Waals surface area contributed by atoms with E-state index >= 15 is 0 Å². The van der Waals surface area contributed by atoms with Gasteiger partial charge < -0.3 is 5.32 Å². The number of carbonyl (C=O) groups is 1. The van der Waals surface area contributed by atoms with Crippen molar-refractivity contribution in [2.24, 2.45) is 0 Å². The third kappa shape index (κ3) is 4.50. The Morgan fingerprint density at radius 3 is 1.90 bits per heavy atom. The first-order chi connectivity index (χ1) is 4.33. The van der Waals surface area contributed by atoms with Crippen LogP contribution in [0.25, 0.3) is 0 Å². The Balaban J connectivity index is 3.80. The summed E-state index contributed by atoms with van der Waals surface area (Å²) in [5.41, 5.74) is 0.158. The summed E-state index contributed by atoms with van der Waals surface area (Å²) in [6.45, 7) is 9.88. The molecule has 60 valence electrons. The van der Waals surface area contributed by atoms with E-state index in [1.54, 1.807) is 6.92 Å². The zero-order valence-electron chi connectivity index (χ0n) is 7.56. The number of quaternary nitrogens is 1. The molecule has 2 heteroatoms. The van der Waals surface area contributed by atoms with Crippen molar-refractivity contribution >= 4 is 5.78 Å². The maximum absolute atomic E-state index is 10.8. The lowest BCUT2D eigenvalue weighted by Gasteiger charge is -2.20. The highest BCUT2D eigenvalue weighted by Crippen LogP contribution is 1.90. The standard InChI is InChI=1S/C8H17NO/c1-6(7(2)10)9-8(3,4)5/h6,9H,1-5H3/p+1/t6-/m0/s1. The molecular formula is C8H18NO+. The summed E-state index contributed by atoms with van der Waals surface area (Å²) < 4.78 is 0. The minimum atomic E-state index is 0.0972. The average Bonchev–Trinajstić information content (AvgIpc) is 1.60. The van der Waals surface area contributed by atoms with Crippen LogP contribution in [0.3, 0.4) is 0 Å². The molecule has 0 radical (unpaired) electrons. The molecule has 2 nitrogen and oxygen atoms in total. The van der Waals surface area contributed by atoms with Crippen LogP contribution in [0.1, 0.15) is 34.6 Å². The zero-order chi connectivity index (χ0) is 8.36. The molecule has 0 aromatic heterocycles. The van der Waals surface area contributed by atoms with Crippen LogP contribution in [0, 0.1) is 0 Å². The van der Waals surface area contributed by atoms with Crippen LogP contribution in [0.5, 0.6) is 0 Å². The van der Waals surface area contributed by atoms with Crippen molar-refractivity contribution < 1.29 is 10.1 Å². The summed E-state index contributed by atoms with van der Waals surface area (Å²) >= 11 is 0. The van der Waals surface area contributed by atoms with Crippen molar-refractivity contribution in [3.63, 3.8) is 0 Å². The number of hydrogen-bond acceptors (Lipinski definition) is 1. The normalized spacial score (nSPS) is 14.9. The summed E-state index contributed by atoms with van der Waals surface area (Å²) in [4.78, 5) is 10.8. The molecule has 0 heterocycles. The third-order valence-corrected chi connectivity index (χ3v) is 1.39. The van der Waals surface area contributed by atoms with E-state index in [1.807, 2.05) is 6.92 Å². The topological polar surface area (TPSA) is 33.7 Å². The Morgan fingerprint density at radius 2 is 1.80 bits per heavy atom. The Morgan fingerprint density at radius 1 is 1.40 bits per heavy atom. The molecule has 1 atom stereocenters. The molecule has 0 spiro atoms. The van der Waals surface area contributed by atoms with Crippen LogP contribution >= 0.6 is 0 Å². The fourth-order valence-electron chi connectivity index (χ4n) is 0.867. The molecule has 0 saturated heterocycles. The summed E-state index contributed by atoms with van der Waals surface area (Å²) in [7, 11) is 0. The average molecular weight is 144 g/mol. The number of rotatable bonds is 2. The number of ketones is 1. The van der Waals surface area contributed by atoms with Gasteiger partial charge in [0.1, 0.15) is 6.04 Å². The van der Waals surface area contributed by atoms with E-state index in [0.29, 0.717) is 0 Å². The first kappa shape index (κ1) is 9.63. The van der Waals surface area contributed by atoms with Gasteiger partial charge in [-0.05, 0) is 27.7 Å². The highest BCUT2D eigenvalue weighted by Gasteiger charge is 2.20. The van der Waals surface area contributed by atoms with Gasteiger partial charge in [0.2, 0.25) is 0 Å². The van der Waals surface area contributed by atoms with Gasteiger partial charge in [0.15, 0.2) is 5.78 Å². The maximum atomic E-state index is 10.8. The van der Waals surface area contributed by atoms with Crippen molar-refractivity contribution in [1.29, 1.82) is 0 Å². The lowest BCUT2D eigenvalue weighted by atomic mass is 10.1. The minimum absolute atomic E-state index is 0.0972. The second-order valence-electron chi connectivity index (χ2n) is 3.93. The molecule has 0 fully saturated rings. The fourth-order valence-corrected chi connectivity index (χ4v) is 0.867. The molecule has 0 saturated carbocycles. The van der Waals surface area contributed by atoms with Gasteiger partial charge in [0.25, 0.3) is 0 Å². The fraction of sp³-hybridized carbons (Fsp3) is 0.875. The Labute approximate surface area is 63.0 Å². The summed E-state index contributed by atoms with van der Waals surface area (Å²) in [5.74, 6) is 0.245. The van der Waals surface area contributed by atoms with Gasteiger partial charge in [-0.1, -0.05) is 0 Å². The molecule has 10 heavy (non-hydrogen) atoms. The quantitative estimate of drug-likeness (QED) is 0.595. The van der Waals surface area contributed by atoms with Crippen molar-refractivity contribution in [1.82, 2.24) is 0 Å². The van der Waals surface area contributed by atoms with E-state index in [2.05, 4.69) is 26.1 Å². The van der Waals surface area contributed by atoms with Gasteiger partial charge in [0, 0.05) is 6.92 Å². The van der Waals surface area contributed by atoms with E-state index in [9.17, 15) is 4.79 Å². The molecule has 0 amide bonds. The molecule has 0 bridgehead atoms. The number of hydrogen-bond donors (Lipinski definition) is 1. The lowest BCUT2D eigenvalue weighted by molar-refractivity contribution is -0.733. The molecular weight excluding hydrogens is 126 g/mol. The monoisotopic (exact) mass is 144 g/mol. The minimum Gasteiger partial charge on any atom is -0.334 e. The number of carbonyl (C=O) groups excluding carboxylic acids is 1. The molecule has 0 rings (SSSR count). The molecule has 0 aliphatic carbocycles. The first-order valence-electron chi connectivity index (χ1n) is 3.69. The van der Waals surface area contributed by atoms with E-state index < -0.39 is 0 Å². The lowest BCUT2D eigenvalue weighted by Crippen LogP contribution is -2.99. The maximum Gasteiger partial charge on any atom is 0.186 e. The van der Waals surface area contributed by atoms with E-state index in [0.717, 1.165) is 0 Å². The summed E-state index contributed by atoms with van der Waals surface area (Å²) in [6.07, 6.45) is 0. The SMILES string of the molecule is CC(=O)[C@H](C)[NH2+]C(C)(C)C. The highest BCUT2D eigenvalue weighted by molar-refractivity contribution is 5.79. The van der Waals surface area contributed by atoms with Crippen molar-refractivity contribution in [3.05, 3.63) is 0 Å². The van der Waals surface area contributed by atoms with Gasteiger partial charge >= 0.3 is 0 Å². The Bertz CT molecular complexity index is 124. The summed E-state index contributed by atoms with van der Waals surface area (Å²) in [6, 6.07) is 0.0972. The largest absolute Gasteiger partial charge is 0.334 e. The van der Waals surface area contributed by atoms with Gasteiger partial charge in [-0.15, -0.1) is 0 Å². The molecule has 0 unspecified atom stereocenters. The van der Waals surface area contributed by atoms with Crippen LogP contribution in [-0.4, -0.2) is 17.4 Å². The predicted molar refractivity (Wildman–Crippen MR) is 41.8 cm³/mol. The van der Waals surface area contributed by atoms with Crippen LogP contribution in [0.2, 0.25) is 0 Å². The molecule has 0 aromatic carbocycles. The van der Waals surface area contributed by atoms with Gasteiger partial charge in [-0.25, -0.2) is 0 Å². The van der Waals surface area contributed by atoms with Gasteiger partial charge in [-0.3, -0.25) is 4.79 Å². The van der Waals surface area contributed by atoms with Crippen molar-refractivity contribution in [3.8, 4) is 0 Å². The van der Waals surface area contributed by atoms with Crippen molar-refractivity contribution in [2.75, 3.05) is 0 Å². The first-order valence-corrected chi connectivity index (χ1v) is 3.69. The van der Waals surface area contributed by atoms with E-state index in [4.69, 9.17) is 0 Å². The third-order valence-electron chi connectivity index (χ3n) is 1.39. The Kier molecular flexibility index (Phi) is 3.03. The number of nitrogens with two attached hydrogens (primary N) is 1. The second kappa shape index (κ2) is 3.15. The van der Waals surface area contributed by atoms with Crippen LogP contribution in [0.4, 0.5) is 0 Å². The predicted octanol–water partition coefficient (Wildman–Crippen LogP) is 0.326. The Hall–Kier alpha value is -0.370. The highest BCUT2D eigenvalue weighted by atomic mass is 16.1. The molecule has 0 aliphatic heterocycles. The van der Waals surface area contributed by atoms with Crippen LogP contribution < -0.4 is 5.32 Å². The second-order valence-corrected chi connectivity index (χ2v) is 3.93. The molecule has 0 aliphatic rings. The molecule has 2 N–H and O–H groups in total. The van der Waals surface area contributed by atoms with E-state index in [1.165, 1.54) is 0 Å². The number of Topliss-reactive ketones (excluding diaryl/α,β-unsaturated/α-hetero) is 1. The van der Waals surface area contributed by atoms with Crippen LogP contribution in [0.15, 0.2) is 0 Å². The van der Waals surface area contributed by atoms with Crippen LogP contribution in [-0.2, 0) is 4.79 Å². The molecule has 0 aromatic rings. The summed E-state index contributed by atoms with van der Waals surface area (Å²) in [5, 5.41) is 2.08. The van der Waals surface area contributed by atoms with Crippen molar-refractivity contribution in [2.45, 2.75) is 46.2 Å². The van der Waals surface area contributed by atoms with Gasteiger partial charge in [0.05, 0.1) is 5.54 Å². The zero-order valence-corrected chi connectivity index (χ0v) is 7.56. The van der Waals surface area contributed by atoms with E-state index in [-0.39, 0.29) is 17.4 Å². The van der Waals surface area contributed by atoms with Gasteiger partial charge in [-0.2, -0.15) is 0 Å².